The first-order chi connectivity index (χ1) is 10.3. The fourth-order valence-electron chi connectivity index (χ4n) is 2.29. The van der Waals surface area contributed by atoms with Gasteiger partial charge in [0.25, 0.3) is 0 Å². The molecular weight excluding hydrogens is 364 g/mol. The van der Waals surface area contributed by atoms with Gasteiger partial charge in [-0.05, 0) is 53.2 Å². The van der Waals surface area contributed by atoms with Crippen LogP contribution in [0.25, 0.3) is 10.2 Å². The van der Waals surface area contributed by atoms with Crippen molar-refractivity contribution in [3.63, 3.8) is 0 Å². The molecule has 0 radical (unpaired) electrons. The lowest BCUT2D eigenvalue weighted by Crippen LogP contribution is -2.23. The van der Waals surface area contributed by atoms with Gasteiger partial charge in [0.1, 0.15) is 0 Å². The van der Waals surface area contributed by atoms with Crippen molar-refractivity contribution in [2.75, 3.05) is 6.54 Å². The van der Waals surface area contributed by atoms with Gasteiger partial charge in [0.2, 0.25) is 0 Å². The van der Waals surface area contributed by atoms with Gasteiger partial charge in [0.15, 0.2) is 0 Å². The SMILES string of the molecule is CCCNC(Cc1nc2ccccc2s1)c1ccc(Br)s1. The number of hydrogen-bond acceptors (Lipinski definition) is 4. The molecule has 0 aliphatic rings. The lowest BCUT2D eigenvalue weighted by atomic mass is 10.1. The zero-order valence-electron chi connectivity index (χ0n) is 11.8. The van der Waals surface area contributed by atoms with Gasteiger partial charge in [-0.15, -0.1) is 22.7 Å². The van der Waals surface area contributed by atoms with Crippen molar-refractivity contribution in [2.24, 2.45) is 0 Å². The van der Waals surface area contributed by atoms with E-state index in [1.807, 2.05) is 0 Å². The minimum absolute atomic E-state index is 0.349. The maximum Gasteiger partial charge on any atom is 0.0957 e. The number of rotatable bonds is 6. The monoisotopic (exact) mass is 380 g/mol. The molecule has 0 bridgehead atoms. The van der Waals surface area contributed by atoms with Gasteiger partial charge in [-0.2, -0.15) is 0 Å². The summed E-state index contributed by atoms with van der Waals surface area (Å²) in [5.41, 5.74) is 1.11. The maximum atomic E-state index is 4.76. The molecule has 0 amide bonds. The normalized spacial score (nSPS) is 12.9. The van der Waals surface area contributed by atoms with Crippen LogP contribution in [0.5, 0.6) is 0 Å². The highest BCUT2D eigenvalue weighted by molar-refractivity contribution is 9.11. The number of aromatic nitrogens is 1. The molecule has 5 heteroatoms. The predicted molar refractivity (Wildman–Crippen MR) is 96.4 cm³/mol. The summed E-state index contributed by atoms with van der Waals surface area (Å²) in [6, 6.07) is 13.0. The molecule has 2 heterocycles. The summed E-state index contributed by atoms with van der Waals surface area (Å²) in [5.74, 6) is 0. The third kappa shape index (κ3) is 3.72. The second-order valence-corrected chi connectivity index (χ2v) is 8.54. The van der Waals surface area contributed by atoms with Gasteiger partial charge in [0.05, 0.1) is 19.0 Å². The number of benzene rings is 1. The molecule has 3 rings (SSSR count). The Hall–Kier alpha value is -0.750. The molecule has 2 aromatic heterocycles. The molecule has 1 aromatic carbocycles. The molecule has 1 atom stereocenters. The summed E-state index contributed by atoms with van der Waals surface area (Å²) in [7, 11) is 0. The number of thiophene rings is 1. The highest BCUT2D eigenvalue weighted by Crippen LogP contribution is 2.31. The molecule has 0 fully saturated rings. The fourth-order valence-corrected chi connectivity index (χ4v) is 4.80. The second-order valence-electron chi connectivity index (χ2n) is 4.93. The largest absolute Gasteiger partial charge is 0.309 e. The van der Waals surface area contributed by atoms with Crippen molar-refractivity contribution in [2.45, 2.75) is 25.8 Å². The van der Waals surface area contributed by atoms with E-state index in [0.717, 1.165) is 24.9 Å². The van der Waals surface area contributed by atoms with E-state index in [4.69, 9.17) is 4.98 Å². The molecule has 0 saturated carbocycles. The number of nitrogens with zero attached hydrogens (tertiary/aromatic N) is 1. The average molecular weight is 381 g/mol. The van der Waals surface area contributed by atoms with E-state index in [0.29, 0.717) is 6.04 Å². The van der Waals surface area contributed by atoms with E-state index in [2.05, 4.69) is 64.6 Å². The zero-order valence-corrected chi connectivity index (χ0v) is 15.0. The molecule has 0 aliphatic heterocycles. The number of para-hydroxylation sites is 1. The second kappa shape index (κ2) is 7.01. The highest BCUT2D eigenvalue weighted by atomic mass is 79.9. The molecule has 1 unspecified atom stereocenters. The summed E-state index contributed by atoms with van der Waals surface area (Å²) in [5, 5.41) is 4.85. The predicted octanol–water partition coefficient (Wildman–Crippen LogP) is 5.40. The number of halogens is 1. The summed E-state index contributed by atoms with van der Waals surface area (Å²) in [4.78, 5) is 6.13. The van der Waals surface area contributed by atoms with E-state index in [1.54, 1.807) is 22.7 Å². The Balaban J connectivity index is 1.83. The Morgan fingerprint density at radius 1 is 1.19 bits per heavy atom. The zero-order chi connectivity index (χ0) is 14.7. The van der Waals surface area contributed by atoms with Crippen molar-refractivity contribution < 1.29 is 0 Å². The van der Waals surface area contributed by atoms with Crippen LogP contribution in [0.4, 0.5) is 0 Å². The summed E-state index contributed by atoms with van der Waals surface area (Å²) >= 11 is 7.17. The Bertz CT molecular complexity index is 687. The van der Waals surface area contributed by atoms with E-state index in [-0.39, 0.29) is 0 Å². The first kappa shape index (κ1) is 15.2. The number of thiazole rings is 1. The van der Waals surface area contributed by atoms with E-state index < -0.39 is 0 Å². The van der Waals surface area contributed by atoms with Crippen LogP contribution in [0.3, 0.4) is 0 Å². The van der Waals surface area contributed by atoms with Crippen LogP contribution in [0.1, 0.15) is 29.3 Å². The van der Waals surface area contributed by atoms with Crippen molar-refractivity contribution in [1.82, 2.24) is 10.3 Å². The maximum absolute atomic E-state index is 4.76. The lowest BCUT2D eigenvalue weighted by molar-refractivity contribution is 0.536. The third-order valence-corrected chi connectivity index (χ3v) is 6.09. The molecule has 0 aliphatic carbocycles. The molecule has 110 valence electrons. The van der Waals surface area contributed by atoms with Crippen LogP contribution in [-0.2, 0) is 6.42 Å². The van der Waals surface area contributed by atoms with Gasteiger partial charge in [-0.3, -0.25) is 0 Å². The average Bonchev–Trinajstić information content (AvgIpc) is 3.08. The van der Waals surface area contributed by atoms with Crippen LogP contribution in [-0.4, -0.2) is 11.5 Å². The van der Waals surface area contributed by atoms with Crippen LogP contribution in [0.15, 0.2) is 40.2 Å². The molecule has 1 N–H and O–H groups in total. The Labute approximate surface area is 141 Å². The minimum Gasteiger partial charge on any atom is -0.309 e. The molecule has 0 spiro atoms. The molecule has 2 nitrogen and oxygen atoms in total. The fraction of sp³-hybridized carbons (Fsp3) is 0.312. The third-order valence-electron chi connectivity index (χ3n) is 3.30. The van der Waals surface area contributed by atoms with Crippen LogP contribution < -0.4 is 5.32 Å². The van der Waals surface area contributed by atoms with Gasteiger partial charge >= 0.3 is 0 Å². The van der Waals surface area contributed by atoms with Crippen LogP contribution in [0, 0.1) is 0 Å². The van der Waals surface area contributed by atoms with Crippen LogP contribution >= 0.6 is 38.6 Å². The van der Waals surface area contributed by atoms with Gasteiger partial charge in [0, 0.05) is 17.3 Å². The topological polar surface area (TPSA) is 24.9 Å². The molecule has 21 heavy (non-hydrogen) atoms. The molecular formula is C16H17BrN2S2. The molecule has 0 saturated heterocycles. The van der Waals surface area contributed by atoms with Crippen molar-refractivity contribution in [3.05, 3.63) is 50.1 Å². The Morgan fingerprint density at radius 3 is 2.76 bits per heavy atom. The highest BCUT2D eigenvalue weighted by Gasteiger charge is 2.16. The van der Waals surface area contributed by atoms with Gasteiger partial charge in [-0.1, -0.05) is 19.1 Å². The smallest absolute Gasteiger partial charge is 0.0957 e. The number of hydrogen-bond donors (Lipinski definition) is 1. The Morgan fingerprint density at radius 2 is 2.05 bits per heavy atom. The standard InChI is InChI=1S/C16H17BrN2S2/c1-2-9-18-12(14-7-8-15(17)20-14)10-16-19-11-5-3-4-6-13(11)21-16/h3-8,12,18H,2,9-10H2,1H3. The van der Waals surface area contributed by atoms with Crippen molar-refractivity contribution in [3.8, 4) is 0 Å². The van der Waals surface area contributed by atoms with E-state index in [9.17, 15) is 0 Å². The summed E-state index contributed by atoms with van der Waals surface area (Å²) < 4.78 is 2.46. The lowest BCUT2D eigenvalue weighted by Gasteiger charge is -2.15. The van der Waals surface area contributed by atoms with Gasteiger partial charge < -0.3 is 5.32 Å². The van der Waals surface area contributed by atoms with E-state index >= 15 is 0 Å². The quantitative estimate of drug-likeness (QED) is 0.618. The first-order valence-corrected chi connectivity index (χ1v) is 9.52. The van der Waals surface area contributed by atoms with Crippen molar-refractivity contribution >= 4 is 48.8 Å². The van der Waals surface area contributed by atoms with Gasteiger partial charge in [-0.25, -0.2) is 4.98 Å². The van der Waals surface area contributed by atoms with Crippen molar-refractivity contribution in [1.29, 1.82) is 0 Å². The first-order valence-electron chi connectivity index (χ1n) is 7.09. The van der Waals surface area contributed by atoms with E-state index in [1.165, 1.54) is 18.4 Å². The molecule has 3 aromatic rings. The summed E-state index contributed by atoms with van der Waals surface area (Å²) in [6.07, 6.45) is 2.09. The number of fused-ring (bicyclic) bond motifs is 1. The minimum atomic E-state index is 0.349. The number of nitrogens with one attached hydrogen (secondary N) is 1. The Kier molecular flexibility index (Phi) is 5.06. The summed E-state index contributed by atoms with van der Waals surface area (Å²) in [6.45, 7) is 3.23. The van der Waals surface area contributed by atoms with Crippen LogP contribution in [0.2, 0.25) is 0 Å².